The molecule has 0 bridgehead atoms. The normalized spacial score (nSPS) is 19.6. The second-order valence-corrected chi connectivity index (χ2v) is 6.50. The van der Waals surface area contributed by atoms with Gasteiger partial charge in [0.2, 0.25) is 0 Å². The molecule has 0 radical (unpaired) electrons. The molecular weight excluding hydrogens is 298 g/mol. The molecule has 2 N–H and O–H groups in total. The zero-order valence-corrected chi connectivity index (χ0v) is 13.8. The molecule has 0 aromatic heterocycles. The third-order valence-electron chi connectivity index (χ3n) is 5.03. The first kappa shape index (κ1) is 15.1. The molecule has 1 unspecified atom stereocenters. The van der Waals surface area contributed by atoms with Crippen LogP contribution in [0.1, 0.15) is 41.5 Å². The van der Waals surface area contributed by atoms with Crippen LogP contribution in [-0.2, 0) is 17.8 Å². The van der Waals surface area contributed by atoms with Gasteiger partial charge in [0.15, 0.2) is 0 Å². The molecule has 2 aliphatic rings. The van der Waals surface area contributed by atoms with E-state index in [4.69, 9.17) is 15.6 Å². The molecule has 24 heavy (non-hydrogen) atoms. The lowest BCUT2D eigenvalue weighted by molar-refractivity contribution is 0.159. The lowest BCUT2D eigenvalue weighted by Crippen LogP contribution is -2.36. The number of fused-ring (bicyclic) bond motifs is 2. The predicted molar refractivity (Wildman–Crippen MR) is 96.3 cm³/mol. The van der Waals surface area contributed by atoms with Crippen LogP contribution in [0.2, 0.25) is 0 Å². The predicted octanol–water partition coefficient (Wildman–Crippen LogP) is 4.08. The number of benzene rings is 2. The number of amidine groups is 2. The van der Waals surface area contributed by atoms with Crippen LogP contribution in [-0.4, -0.2) is 18.3 Å². The van der Waals surface area contributed by atoms with E-state index in [-0.39, 0.29) is 6.61 Å². The number of rotatable bonds is 1. The first-order chi connectivity index (χ1) is 11.7. The fraction of sp³-hybridized carbons (Fsp3) is 0.300. The lowest BCUT2D eigenvalue weighted by atomic mass is 9.88. The molecule has 0 spiro atoms. The Morgan fingerprint density at radius 1 is 1.08 bits per heavy atom. The van der Waals surface area contributed by atoms with Crippen LogP contribution in [0.4, 0.5) is 5.69 Å². The summed E-state index contributed by atoms with van der Waals surface area (Å²) in [6, 6.07) is 14.9. The molecule has 1 heterocycles. The third-order valence-corrected chi connectivity index (χ3v) is 5.03. The van der Waals surface area contributed by atoms with Crippen molar-refractivity contribution >= 4 is 17.4 Å². The van der Waals surface area contributed by atoms with Crippen LogP contribution in [0.25, 0.3) is 0 Å². The van der Waals surface area contributed by atoms with Crippen molar-refractivity contribution in [3.63, 3.8) is 0 Å². The largest absolute Gasteiger partial charge is 0.369 e. The molecule has 4 rings (SSSR count). The lowest BCUT2D eigenvalue weighted by Gasteiger charge is -2.25. The van der Waals surface area contributed by atoms with Crippen molar-refractivity contribution in [3.8, 4) is 0 Å². The molecular formula is C20H21N3O. The van der Waals surface area contributed by atoms with Crippen molar-refractivity contribution in [1.82, 2.24) is 0 Å². The fourth-order valence-corrected chi connectivity index (χ4v) is 4.01. The van der Waals surface area contributed by atoms with Crippen molar-refractivity contribution < 1.29 is 4.74 Å². The smallest absolute Gasteiger partial charge is 0.132 e. The van der Waals surface area contributed by atoms with Crippen LogP contribution in [0.3, 0.4) is 0 Å². The van der Waals surface area contributed by atoms with Crippen molar-refractivity contribution in [3.05, 3.63) is 64.7 Å². The molecule has 4 nitrogen and oxygen atoms in total. The summed E-state index contributed by atoms with van der Waals surface area (Å²) in [7, 11) is 0. The van der Waals surface area contributed by atoms with Gasteiger partial charge in [-0.3, -0.25) is 15.7 Å². The molecule has 0 amide bonds. The van der Waals surface area contributed by atoms with Gasteiger partial charge in [0.25, 0.3) is 0 Å². The number of nitrogens with zero attached hydrogens (tertiary/aromatic N) is 1. The van der Waals surface area contributed by atoms with Gasteiger partial charge >= 0.3 is 0 Å². The SMILES string of the molecule is CC(=N)N1C(=N)COCc2c(C3CCc4ccccc43)cccc21. The quantitative estimate of drug-likeness (QED) is 0.615. The Bertz CT molecular complexity index is 827. The Morgan fingerprint density at radius 2 is 1.88 bits per heavy atom. The topological polar surface area (TPSA) is 60.2 Å². The molecule has 0 saturated heterocycles. The monoisotopic (exact) mass is 319 g/mol. The summed E-state index contributed by atoms with van der Waals surface area (Å²) in [4.78, 5) is 1.70. The van der Waals surface area contributed by atoms with Crippen LogP contribution >= 0.6 is 0 Å². The average Bonchev–Trinajstić information content (AvgIpc) is 2.91. The summed E-state index contributed by atoms with van der Waals surface area (Å²) >= 11 is 0. The first-order valence-electron chi connectivity index (χ1n) is 8.37. The van der Waals surface area contributed by atoms with E-state index in [1.165, 1.54) is 16.7 Å². The minimum atomic E-state index is 0.242. The third kappa shape index (κ3) is 2.34. The molecule has 1 aliphatic carbocycles. The Kier molecular flexibility index (Phi) is 3.69. The zero-order chi connectivity index (χ0) is 16.7. The molecule has 1 atom stereocenters. The van der Waals surface area contributed by atoms with Crippen LogP contribution in [0, 0.1) is 10.8 Å². The van der Waals surface area contributed by atoms with E-state index in [1.807, 2.05) is 12.1 Å². The highest BCUT2D eigenvalue weighted by molar-refractivity contribution is 6.17. The summed E-state index contributed by atoms with van der Waals surface area (Å²) < 4.78 is 5.74. The van der Waals surface area contributed by atoms with Gasteiger partial charge in [0.05, 0.1) is 12.3 Å². The number of hydrogen-bond acceptors (Lipinski definition) is 3. The van der Waals surface area contributed by atoms with E-state index in [9.17, 15) is 0 Å². The summed E-state index contributed by atoms with van der Waals surface area (Å²) in [5.41, 5.74) is 6.16. The highest BCUT2D eigenvalue weighted by atomic mass is 16.5. The number of aryl methyl sites for hydroxylation is 1. The van der Waals surface area contributed by atoms with E-state index in [1.54, 1.807) is 11.8 Å². The summed E-state index contributed by atoms with van der Waals surface area (Å²) in [6.45, 7) is 2.46. The first-order valence-corrected chi connectivity index (χ1v) is 8.37. The second kappa shape index (κ2) is 5.87. The Labute approximate surface area is 142 Å². The Hall–Kier alpha value is -2.46. The van der Waals surface area contributed by atoms with Gasteiger partial charge < -0.3 is 4.74 Å². The molecule has 1 aliphatic heterocycles. The van der Waals surface area contributed by atoms with Gasteiger partial charge in [-0.15, -0.1) is 0 Å². The summed E-state index contributed by atoms with van der Waals surface area (Å²) in [5.74, 6) is 1.06. The average molecular weight is 319 g/mol. The van der Waals surface area contributed by atoms with Crippen molar-refractivity contribution in [2.24, 2.45) is 0 Å². The van der Waals surface area contributed by atoms with Crippen molar-refractivity contribution in [2.45, 2.75) is 32.3 Å². The molecule has 0 saturated carbocycles. The number of nitrogens with one attached hydrogen (secondary N) is 2. The molecule has 4 heteroatoms. The minimum absolute atomic E-state index is 0.242. The van der Waals surface area contributed by atoms with E-state index >= 15 is 0 Å². The summed E-state index contributed by atoms with van der Waals surface area (Å²) in [6.07, 6.45) is 2.21. The highest BCUT2D eigenvalue weighted by Gasteiger charge is 2.29. The molecule has 2 aromatic carbocycles. The van der Waals surface area contributed by atoms with Crippen LogP contribution in [0.5, 0.6) is 0 Å². The second-order valence-electron chi connectivity index (χ2n) is 6.50. The van der Waals surface area contributed by atoms with Gasteiger partial charge in [0.1, 0.15) is 18.3 Å². The fourth-order valence-electron chi connectivity index (χ4n) is 4.01. The van der Waals surface area contributed by atoms with E-state index in [2.05, 4.69) is 30.3 Å². The maximum Gasteiger partial charge on any atom is 0.132 e. The zero-order valence-electron chi connectivity index (χ0n) is 13.8. The van der Waals surface area contributed by atoms with Gasteiger partial charge in [0, 0.05) is 11.5 Å². The molecule has 122 valence electrons. The Morgan fingerprint density at radius 3 is 2.71 bits per heavy atom. The van der Waals surface area contributed by atoms with Crippen molar-refractivity contribution in [2.75, 3.05) is 11.5 Å². The van der Waals surface area contributed by atoms with Crippen molar-refractivity contribution in [1.29, 1.82) is 10.8 Å². The number of anilines is 1. The van der Waals surface area contributed by atoms with E-state index in [0.29, 0.717) is 24.2 Å². The maximum atomic E-state index is 8.20. The number of hydrogen-bond donors (Lipinski definition) is 2. The van der Waals surface area contributed by atoms with Crippen LogP contribution < -0.4 is 4.90 Å². The highest BCUT2D eigenvalue weighted by Crippen LogP contribution is 2.42. The van der Waals surface area contributed by atoms with E-state index < -0.39 is 0 Å². The number of ether oxygens (including phenoxy) is 1. The maximum absolute atomic E-state index is 8.20. The van der Waals surface area contributed by atoms with Crippen LogP contribution in [0.15, 0.2) is 42.5 Å². The van der Waals surface area contributed by atoms with E-state index in [0.717, 1.165) is 24.1 Å². The standard InChI is InChI=1S/C20H21N3O/c1-13(21)23-19-8-4-7-16(18(19)11-24-12-20(23)22)17-10-9-14-5-2-3-6-15(14)17/h2-8,17,21-22H,9-12H2,1H3. The molecule has 0 fully saturated rings. The summed E-state index contributed by atoms with van der Waals surface area (Å²) in [5, 5.41) is 16.3. The van der Waals surface area contributed by atoms with Gasteiger partial charge in [-0.2, -0.15) is 0 Å². The Balaban J connectivity index is 1.85. The van der Waals surface area contributed by atoms with Gasteiger partial charge in [-0.05, 0) is 42.5 Å². The van der Waals surface area contributed by atoms with Gasteiger partial charge in [-0.1, -0.05) is 36.4 Å². The molecule has 2 aromatic rings. The minimum Gasteiger partial charge on any atom is -0.369 e. The van der Waals surface area contributed by atoms with Gasteiger partial charge in [-0.25, -0.2) is 0 Å².